The molecule has 7 N–H and O–H groups in total. The third-order valence-electron chi connectivity index (χ3n) is 2.66. The van der Waals surface area contributed by atoms with Gasteiger partial charge < -0.3 is 11.1 Å². The lowest BCUT2D eigenvalue weighted by Crippen LogP contribution is -2.58. The molecule has 0 atom stereocenters. The van der Waals surface area contributed by atoms with Gasteiger partial charge in [0.15, 0.2) is 0 Å². The molecule has 1 aromatic heterocycles. The number of carbonyl (C=O) groups is 1. The lowest BCUT2D eigenvalue weighted by molar-refractivity contribution is -0.713. The Kier molecular flexibility index (Phi) is 3.65. The number of aromatic nitrogens is 2. The molecule has 8 heteroatoms. The number of nitrogens with one attached hydrogen (secondary N) is 3. The number of nitrogens with zero attached hydrogens (tertiary/aromatic N) is 2. The normalized spacial score (nSPS) is 10.9. The fraction of sp³-hybridized carbons (Fsp3) is 0.167. The molecule has 1 amide bonds. The van der Waals surface area contributed by atoms with E-state index in [4.69, 9.17) is 11.5 Å². The van der Waals surface area contributed by atoms with Crippen molar-refractivity contribution in [1.82, 2.24) is 5.10 Å². The quantitative estimate of drug-likeness (QED) is 0.381. The van der Waals surface area contributed by atoms with E-state index in [-0.39, 0.29) is 5.91 Å². The summed E-state index contributed by atoms with van der Waals surface area (Å²) in [6.07, 6.45) is 0. The molecule has 2 rings (SSSR count). The number of rotatable bonds is 3. The van der Waals surface area contributed by atoms with Gasteiger partial charge in [-0.1, -0.05) is 5.11 Å². The van der Waals surface area contributed by atoms with Gasteiger partial charge in [-0.05, 0) is 29.4 Å². The third kappa shape index (κ3) is 2.91. The minimum absolute atomic E-state index is 0.117. The first kappa shape index (κ1) is 13.5. The van der Waals surface area contributed by atoms with Crippen molar-refractivity contribution in [1.29, 1.82) is 0 Å². The third-order valence-corrected chi connectivity index (χ3v) is 2.66. The summed E-state index contributed by atoms with van der Waals surface area (Å²) in [6.45, 7) is 1.46. The Morgan fingerprint density at radius 1 is 1.35 bits per heavy atom. The zero-order chi connectivity index (χ0) is 14.7. The second-order valence-electron chi connectivity index (χ2n) is 4.30. The number of hydrogen-bond acceptors (Lipinski definition) is 4. The van der Waals surface area contributed by atoms with Gasteiger partial charge >= 0.3 is 11.5 Å². The van der Waals surface area contributed by atoms with Crippen molar-refractivity contribution in [3.63, 3.8) is 0 Å². The first-order valence-corrected chi connectivity index (χ1v) is 5.94. The molecule has 0 aliphatic heterocycles. The second kappa shape index (κ2) is 5.39. The number of nitrogens with two attached hydrogens (primary N) is 2. The van der Waals surface area contributed by atoms with Crippen molar-refractivity contribution < 1.29 is 14.6 Å². The Balaban J connectivity index is 2.17. The summed E-state index contributed by atoms with van der Waals surface area (Å²) in [5.74, 6) is 0.748. The van der Waals surface area contributed by atoms with E-state index >= 15 is 0 Å². The summed E-state index contributed by atoms with van der Waals surface area (Å²) < 4.78 is 1.59. The molecule has 0 fully saturated rings. The predicted octanol–water partition coefficient (Wildman–Crippen LogP) is -0.542. The average Bonchev–Trinajstić information content (AvgIpc) is 2.62. The van der Waals surface area contributed by atoms with Crippen LogP contribution in [0.1, 0.15) is 6.92 Å². The monoisotopic (exact) mass is 275 g/mol. The Hall–Kier alpha value is -2.90. The topological polar surface area (TPSA) is 127 Å². The van der Waals surface area contributed by atoms with Crippen molar-refractivity contribution in [3.8, 4) is 0 Å². The van der Waals surface area contributed by atoms with Crippen molar-refractivity contribution in [2.75, 3.05) is 16.8 Å². The van der Waals surface area contributed by atoms with Gasteiger partial charge in [-0.15, -0.1) is 0 Å². The SMILES string of the molecule is CC(=O)Nc1ccc(N=[NH+]c2c(N)[nH][n+](C)c2N)cc1. The average molecular weight is 275 g/mol. The van der Waals surface area contributed by atoms with Crippen molar-refractivity contribution in [2.45, 2.75) is 6.92 Å². The molecule has 0 bridgehead atoms. The van der Waals surface area contributed by atoms with Crippen LogP contribution in [0.2, 0.25) is 0 Å². The zero-order valence-electron chi connectivity index (χ0n) is 11.3. The highest BCUT2D eigenvalue weighted by Gasteiger charge is 2.22. The minimum atomic E-state index is -0.117. The number of aromatic amines is 1. The van der Waals surface area contributed by atoms with E-state index in [9.17, 15) is 4.79 Å². The first-order valence-electron chi connectivity index (χ1n) is 5.94. The van der Waals surface area contributed by atoms with E-state index in [1.807, 2.05) is 0 Å². The van der Waals surface area contributed by atoms with Crippen LogP contribution in [0.15, 0.2) is 29.4 Å². The van der Waals surface area contributed by atoms with Gasteiger partial charge in [-0.25, -0.2) is 5.10 Å². The van der Waals surface area contributed by atoms with Crippen molar-refractivity contribution in [3.05, 3.63) is 24.3 Å². The first-order chi connectivity index (χ1) is 9.47. The van der Waals surface area contributed by atoms with E-state index in [1.54, 1.807) is 36.0 Å². The van der Waals surface area contributed by atoms with Crippen LogP contribution in [-0.2, 0) is 11.8 Å². The molecule has 1 aromatic carbocycles. The Morgan fingerprint density at radius 3 is 2.50 bits per heavy atom. The molecule has 0 aliphatic rings. The number of nitrogen functional groups attached to an aromatic ring is 2. The van der Waals surface area contributed by atoms with Gasteiger partial charge in [0.1, 0.15) is 12.7 Å². The van der Waals surface area contributed by atoms with Crippen LogP contribution in [-0.4, -0.2) is 11.0 Å². The van der Waals surface area contributed by atoms with Crippen LogP contribution in [0.4, 0.5) is 28.7 Å². The Bertz CT molecular complexity index is 657. The van der Waals surface area contributed by atoms with Gasteiger partial charge in [0, 0.05) is 12.6 Å². The highest BCUT2D eigenvalue weighted by molar-refractivity contribution is 5.88. The lowest BCUT2D eigenvalue weighted by Gasteiger charge is -1.99. The zero-order valence-corrected chi connectivity index (χ0v) is 11.3. The van der Waals surface area contributed by atoms with Gasteiger partial charge in [0.25, 0.3) is 0 Å². The molecule has 8 nitrogen and oxygen atoms in total. The van der Waals surface area contributed by atoms with E-state index in [2.05, 4.69) is 20.6 Å². The molecular formula is C12H17N7O+2. The van der Waals surface area contributed by atoms with Crippen LogP contribution in [0.25, 0.3) is 0 Å². The molecule has 0 aliphatic carbocycles. The molecule has 1 heterocycles. The standard InChI is InChI=1S/C12H15N7O/c1-7(20)15-8-3-5-9(6-4-8)16-17-10-11(13)18-19(2)12(10)14/h3-6H,1-2H3,(H5,13,14,15,16,17,18,20)/p+2. The molecule has 0 unspecified atom stereocenters. The van der Waals surface area contributed by atoms with Crippen LogP contribution < -0.4 is 26.6 Å². The van der Waals surface area contributed by atoms with E-state index in [1.165, 1.54) is 6.92 Å². The number of anilines is 3. The van der Waals surface area contributed by atoms with Crippen LogP contribution >= 0.6 is 0 Å². The summed E-state index contributed by atoms with van der Waals surface area (Å²) in [4.78, 5) is 10.9. The van der Waals surface area contributed by atoms with E-state index in [0.717, 1.165) is 0 Å². The number of amides is 1. The summed E-state index contributed by atoms with van der Waals surface area (Å²) in [5, 5.41) is 12.5. The molecule has 0 saturated carbocycles. The smallest absolute Gasteiger partial charge is 0.370 e. The van der Waals surface area contributed by atoms with Crippen molar-refractivity contribution >= 4 is 34.6 Å². The van der Waals surface area contributed by atoms with Crippen LogP contribution in [0, 0.1) is 0 Å². The minimum Gasteiger partial charge on any atom is -0.377 e. The molecule has 0 spiro atoms. The largest absolute Gasteiger partial charge is 0.377 e. The number of hydrogen-bond donors (Lipinski definition) is 5. The van der Waals surface area contributed by atoms with Crippen LogP contribution in [0.5, 0.6) is 0 Å². The summed E-state index contributed by atoms with van der Waals surface area (Å²) in [5.41, 5.74) is 13.5. The summed E-state index contributed by atoms with van der Waals surface area (Å²) in [7, 11) is 1.75. The fourth-order valence-corrected chi connectivity index (χ4v) is 1.66. The van der Waals surface area contributed by atoms with E-state index < -0.39 is 0 Å². The van der Waals surface area contributed by atoms with Gasteiger partial charge in [0.2, 0.25) is 11.7 Å². The van der Waals surface area contributed by atoms with E-state index in [0.29, 0.717) is 28.7 Å². The highest BCUT2D eigenvalue weighted by atomic mass is 16.1. The number of carbonyl (C=O) groups excluding carboxylic acids is 1. The molecular weight excluding hydrogens is 258 g/mol. The number of azo groups is 1. The lowest BCUT2D eigenvalue weighted by atomic mass is 10.3. The second-order valence-corrected chi connectivity index (χ2v) is 4.30. The Morgan fingerprint density at radius 2 is 2.00 bits per heavy atom. The predicted molar refractivity (Wildman–Crippen MR) is 74.2 cm³/mol. The van der Waals surface area contributed by atoms with Gasteiger partial charge in [0.05, 0.1) is 0 Å². The molecule has 0 saturated heterocycles. The molecule has 2 aromatic rings. The number of aryl methyl sites for hydroxylation is 1. The fourth-order valence-electron chi connectivity index (χ4n) is 1.66. The molecule has 104 valence electrons. The Labute approximate surface area is 115 Å². The summed E-state index contributed by atoms with van der Waals surface area (Å²) >= 11 is 0. The maximum atomic E-state index is 10.9. The van der Waals surface area contributed by atoms with Gasteiger partial charge in [-0.3, -0.25) is 10.5 Å². The maximum absolute atomic E-state index is 10.9. The summed E-state index contributed by atoms with van der Waals surface area (Å²) in [6, 6.07) is 7.03. The number of H-pyrrole nitrogens is 1. The molecule has 20 heavy (non-hydrogen) atoms. The van der Waals surface area contributed by atoms with Crippen LogP contribution in [0.3, 0.4) is 0 Å². The molecule has 0 radical (unpaired) electrons. The highest BCUT2D eigenvalue weighted by Crippen LogP contribution is 2.16. The number of benzene rings is 1. The van der Waals surface area contributed by atoms with Gasteiger partial charge in [-0.2, -0.15) is 4.68 Å². The van der Waals surface area contributed by atoms with Crippen molar-refractivity contribution in [2.24, 2.45) is 12.2 Å². The maximum Gasteiger partial charge on any atom is 0.370 e.